The number of carboxylic acid groups (broad SMARTS) is 1. The van der Waals surface area contributed by atoms with E-state index in [1.807, 2.05) is 0 Å². The molecule has 7 heteroatoms. The van der Waals surface area contributed by atoms with E-state index in [4.69, 9.17) is 5.11 Å². The van der Waals surface area contributed by atoms with Crippen LogP contribution >= 0.6 is 0 Å². The number of hydrogen-bond donors (Lipinski definition) is 3. The maximum Gasteiger partial charge on any atom is 0.315 e. The first kappa shape index (κ1) is 17.2. The highest BCUT2D eigenvalue weighted by Crippen LogP contribution is 2.00. The number of hydrogen-bond acceptors (Lipinski definition) is 3. The fourth-order valence-corrected chi connectivity index (χ4v) is 1.54. The Balaban J connectivity index is 3.96. The molecule has 2 atom stereocenters. The van der Waals surface area contributed by atoms with Crippen molar-refractivity contribution in [2.24, 2.45) is 0 Å². The number of urea groups is 1. The minimum atomic E-state index is -0.846. The number of rotatable bonds is 7. The molecule has 110 valence electrons. The van der Waals surface area contributed by atoms with E-state index in [1.165, 1.54) is 4.90 Å². The second kappa shape index (κ2) is 8.34. The zero-order chi connectivity index (χ0) is 15.0. The Morgan fingerprint density at radius 2 is 1.74 bits per heavy atom. The SMILES string of the molecule is CC(CCCC(=O)O)NC(=O)NC(C)C(=O)N(C)C. The van der Waals surface area contributed by atoms with Gasteiger partial charge in [0.15, 0.2) is 0 Å². The summed E-state index contributed by atoms with van der Waals surface area (Å²) in [6, 6.07) is -1.16. The van der Waals surface area contributed by atoms with Gasteiger partial charge >= 0.3 is 12.0 Å². The molecule has 0 saturated carbocycles. The molecule has 0 aliphatic carbocycles. The van der Waals surface area contributed by atoms with Crippen LogP contribution in [-0.4, -0.2) is 54.1 Å². The minimum absolute atomic E-state index is 0.0865. The Kier molecular flexibility index (Phi) is 7.55. The predicted octanol–water partition coefficient (Wildman–Crippen LogP) is 0.406. The molecule has 0 aliphatic rings. The van der Waals surface area contributed by atoms with E-state index in [2.05, 4.69) is 10.6 Å². The van der Waals surface area contributed by atoms with Gasteiger partial charge in [-0.1, -0.05) is 0 Å². The summed E-state index contributed by atoms with van der Waals surface area (Å²) in [4.78, 5) is 34.9. The molecule has 3 amide bonds. The number of nitrogens with zero attached hydrogens (tertiary/aromatic N) is 1. The van der Waals surface area contributed by atoms with Gasteiger partial charge in [0.1, 0.15) is 6.04 Å². The Morgan fingerprint density at radius 3 is 2.21 bits per heavy atom. The van der Waals surface area contributed by atoms with E-state index in [9.17, 15) is 14.4 Å². The molecule has 0 bridgehead atoms. The highest BCUT2D eigenvalue weighted by Gasteiger charge is 2.17. The van der Waals surface area contributed by atoms with Gasteiger partial charge in [0, 0.05) is 26.6 Å². The van der Waals surface area contributed by atoms with Crippen molar-refractivity contribution in [2.75, 3.05) is 14.1 Å². The molecule has 0 heterocycles. The molecule has 7 nitrogen and oxygen atoms in total. The van der Waals surface area contributed by atoms with E-state index in [1.54, 1.807) is 27.9 Å². The van der Waals surface area contributed by atoms with Gasteiger partial charge < -0.3 is 20.6 Å². The summed E-state index contributed by atoms with van der Waals surface area (Å²) in [5, 5.41) is 13.7. The third-order valence-electron chi connectivity index (χ3n) is 2.56. The largest absolute Gasteiger partial charge is 0.481 e. The highest BCUT2D eigenvalue weighted by molar-refractivity contribution is 5.86. The molecule has 0 aromatic carbocycles. The molecule has 3 N–H and O–H groups in total. The standard InChI is InChI=1S/C12H23N3O4/c1-8(6-5-7-10(16)17)13-12(19)14-9(2)11(18)15(3)4/h8-9H,5-7H2,1-4H3,(H,16,17)(H2,13,14,19). The van der Waals surface area contributed by atoms with Gasteiger partial charge in [-0.3, -0.25) is 9.59 Å². The first-order valence-corrected chi connectivity index (χ1v) is 6.24. The van der Waals surface area contributed by atoms with Gasteiger partial charge in [-0.05, 0) is 26.7 Å². The molecule has 0 aliphatic heterocycles. The molecule has 0 aromatic rings. The molecule has 0 fully saturated rings. The summed E-state index contributed by atoms with van der Waals surface area (Å²) in [5.74, 6) is -1.03. The number of carbonyl (C=O) groups is 3. The van der Waals surface area contributed by atoms with Crippen molar-refractivity contribution >= 4 is 17.9 Å². The monoisotopic (exact) mass is 273 g/mol. The lowest BCUT2D eigenvalue weighted by Gasteiger charge is -2.20. The van der Waals surface area contributed by atoms with Crippen LogP contribution < -0.4 is 10.6 Å². The van der Waals surface area contributed by atoms with E-state index >= 15 is 0 Å². The summed E-state index contributed by atoms with van der Waals surface area (Å²) < 4.78 is 0. The lowest BCUT2D eigenvalue weighted by molar-refractivity contribution is -0.137. The van der Waals surface area contributed by atoms with Crippen molar-refractivity contribution in [1.29, 1.82) is 0 Å². The van der Waals surface area contributed by atoms with Crippen LogP contribution in [0.1, 0.15) is 33.1 Å². The van der Waals surface area contributed by atoms with E-state index in [0.29, 0.717) is 12.8 Å². The third-order valence-corrected chi connectivity index (χ3v) is 2.56. The Morgan fingerprint density at radius 1 is 1.16 bits per heavy atom. The number of carboxylic acids is 1. The number of likely N-dealkylation sites (N-methyl/N-ethyl adjacent to an activating group) is 1. The molecule has 0 spiro atoms. The first-order valence-electron chi connectivity index (χ1n) is 6.24. The Labute approximate surface area is 113 Å². The summed E-state index contributed by atoms with van der Waals surface area (Å²) in [7, 11) is 3.24. The zero-order valence-electron chi connectivity index (χ0n) is 11.9. The van der Waals surface area contributed by atoms with Gasteiger partial charge in [-0.25, -0.2) is 4.79 Å². The Hall–Kier alpha value is -1.79. The average molecular weight is 273 g/mol. The summed E-state index contributed by atoms with van der Waals surface area (Å²) in [6.07, 6.45) is 1.17. The number of carbonyl (C=O) groups excluding carboxylic acids is 2. The quantitative estimate of drug-likeness (QED) is 0.625. The molecular formula is C12H23N3O4. The molecule has 2 unspecified atom stereocenters. The van der Waals surface area contributed by atoms with Crippen molar-refractivity contribution in [2.45, 2.75) is 45.2 Å². The van der Waals surface area contributed by atoms with Gasteiger partial charge in [0.05, 0.1) is 0 Å². The van der Waals surface area contributed by atoms with Crippen LogP contribution in [0.4, 0.5) is 4.79 Å². The first-order chi connectivity index (χ1) is 8.73. The number of aliphatic carboxylic acids is 1. The molecule has 19 heavy (non-hydrogen) atoms. The second-order valence-corrected chi connectivity index (χ2v) is 4.76. The van der Waals surface area contributed by atoms with Crippen molar-refractivity contribution in [1.82, 2.24) is 15.5 Å². The summed E-state index contributed by atoms with van der Waals surface area (Å²) >= 11 is 0. The van der Waals surface area contributed by atoms with Crippen molar-refractivity contribution in [3.05, 3.63) is 0 Å². The topological polar surface area (TPSA) is 98.7 Å². The van der Waals surface area contributed by atoms with Gasteiger partial charge in [-0.15, -0.1) is 0 Å². The van der Waals surface area contributed by atoms with Gasteiger partial charge in [0.25, 0.3) is 0 Å². The summed E-state index contributed by atoms with van der Waals surface area (Å²) in [5.41, 5.74) is 0. The molecule has 0 rings (SSSR count). The number of nitrogens with one attached hydrogen (secondary N) is 2. The normalized spacial score (nSPS) is 13.3. The van der Waals surface area contributed by atoms with Gasteiger partial charge in [-0.2, -0.15) is 0 Å². The van der Waals surface area contributed by atoms with Crippen LogP contribution in [0.25, 0.3) is 0 Å². The van der Waals surface area contributed by atoms with Crippen molar-refractivity contribution < 1.29 is 19.5 Å². The highest BCUT2D eigenvalue weighted by atomic mass is 16.4. The van der Waals surface area contributed by atoms with Crippen molar-refractivity contribution in [3.8, 4) is 0 Å². The fourth-order valence-electron chi connectivity index (χ4n) is 1.54. The lowest BCUT2D eigenvalue weighted by atomic mass is 10.1. The maximum absolute atomic E-state index is 11.6. The average Bonchev–Trinajstić information content (AvgIpc) is 2.26. The van der Waals surface area contributed by atoms with Crippen molar-refractivity contribution in [3.63, 3.8) is 0 Å². The van der Waals surface area contributed by atoms with Crippen LogP contribution in [0.2, 0.25) is 0 Å². The van der Waals surface area contributed by atoms with Crippen LogP contribution in [0.15, 0.2) is 0 Å². The lowest BCUT2D eigenvalue weighted by Crippen LogP contribution is -2.49. The zero-order valence-corrected chi connectivity index (χ0v) is 11.9. The smallest absolute Gasteiger partial charge is 0.315 e. The minimum Gasteiger partial charge on any atom is -0.481 e. The molecular weight excluding hydrogens is 250 g/mol. The maximum atomic E-state index is 11.6. The fraction of sp³-hybridized carbons (Fsp3) is 0.750. The summed E-state index contributed by atoms with van der Waals surface area (Å²) in [6.45, 7) is 3.40. The van der Waals surface area contributed by atoms with Crippen LogP contribution in [0.3, 0.4) is 0 Å². The molecule has 0 radical (unpaired) electrons. The van der Waals surface area contributed by atoms with E-state index < -0.39 is 18.0 Å². The Bertz CT molecular complexity index is 331. The van der Waals surface area contributed by atoms with Crippen LogP contribution in [0.5, 0.6) is 0 Å². The molecule has 0 aromatic heterocycles. The van der Waals surface area contributed by atoms with Crippen LogP contribution in [-0.2, 0) is 9.59 Å². The van der Waals surface area contributed by atoms with E-state index in [0.717, 1.165) is 0 Å². The predicted molar refractivity (Wildman–Crippen MR) is 70.8 cm³/mol. The molecule has 0 saturated heterocycles. The number of amides is 3. The second-order valence-electron chi connectivity index (χ2n) is 4.76. The third kappa shape index (κ3) is 8.01. The van der Waals surface area contributed by atoms with Crippen LogP contribution in [0, 0.1) is 0 Å². The van der Waals surface area contributed by atoms with Gasteiger partial charge in [0.2, 0.25) is 5.91 Å². The van der Waals surface area contributed by atoms with E-state index in [-0.39, 0.29) is 18.4 Å².